The van der Waals surface area contributed by atoms with E-state index in [-0.39, 0.29) is 11.7 Å². The molecule has 104 valence electrons. The number of nitrogens with one attached hydrogen (secondary N) is 1. The quantitative estimate of drug-likeness (QED) is 0.577. The number of hydrogen-bond donors (Lipinski definition) is 3. The number of anilines is 1. The molecule has 4 N–H and O–H groups in total. The smallest absolute Gasteiger partial charge is 0.198 e. The molecule has 0 radical (unpaired) electrons. The van der Waals surface area contributed by atoms with E-state index in [1.165, 1.54) is 0 Å². The Bertz CT molecular complexity index is 668. The van der Waals surface area contributed by atoms with Crippen LogP contribution >= 0.6 is 15.9 Å². The molecule has 0 atom stereocenters. The summed E-state index contributed by atoms with van der Waals surface area (Å²) in [6.45, 7) is 3.90. The predicted octanol–water partition coefficient (Wildman–Crippen LogP) is 3.83. The normalized spacial score (nSPS) is 11.4. The minimum atomic E-state index is 0.167. The van der Waals surface area contributed by atoms with Crippen molar-refractivity contribution in [2.75, 3.05) is 5.32 Å². The van der Waals surface area contributed by atoms with Crippen LogP contribution in [0.25, 0.3) is 0 Å². The maximum Gasteiger partial charge on any atom is 0.198 e. The number of aryl methyl sites for hydroxylation is 2. The summed E-state index contributed by atoms with van der Waals surface area (Å²) < 4.78 is 0.965. The lowest BCUT2D eigenvalue weighted by molar-refractivity contribution is 0.475. The van der Waals surface area contributed by atoms with Crippen molar-refractivity contribution < 1.29 is 5.11 Å². The van der Waals surface area contributed by atoms with Crippen LogP contribution in [0.2, 0.25) is 0 Å². The third-order valence-corrected chi connectivity index (χ3v) is 3.39. The zero-order valence-corrected chi connectivity index (χ0v) is 12.9. The number of nitrogens with zero attached hydrogens (tertiary/aromatic N) is 1. The highest BCUT2D eigenvalue weighted by atomic mass is 79.9. The van der Waals surface area contributed by atoms with Crippen LogP contribution in [0, 0.1) is 13.8 Å². The monoisotopic (exact) mass is 333 g/mol. The second-order valence-electron chi connectivity index (χ2n) is 4.55. The second kappa shape index (κ2) is 5.96. The van der Waals surface area contributed by atoms with E-state index in [2.05, 4.69) is 26.2 Å². The lowest BCUT2D eigenvalue weighted by atomic mass is 10.2. The number of nitrogens with two attached hydrogens (primary N) is 1. The Kier molecular flexibility index (Phi) is 4.29. The number of halogens is 1. The van der Waals surface area contributed by atoms with Gasteiger partial charge in [-0.15, -0.1) is 0 Å². The Morgan fingerprint density at radius 3 is 2.60 bits per heavy atom. The van der Waals surface area contributed by atoms with Gasteiger partial charge in [-0.05, 0) is 43.2 Å². The van der Waals surface area contributed by atoms with Crippen LogP contribution in [0.1, 0.15) is 11.1 Å². The number of guanidine groups is 1. The third-order valence-electron chi connectivity index (χ3n) is 2.90. The van der Waals surface area contributed by atoms with Crippen molar-refractivity contribution in [2.24, 2.45) is 10.7 Å². The zero-order valence-electron chi connectivity index (χ0n) is 11.3. The van der Waals surface area contributed by atoms with Gasteiger partial charge < -0.3 is 16.2 Å². The number of phenolic OH excluding ortho intramolecular Hbond substituents is 1. The van der Waals surface area contributed by atoms with E-state index in [1.807, 2.05) is 32.0 Å². The topological polar surface area (TPSA) is 70.6 Å². The summed E-state index contributed by atoms with van der Waals surface area (Å²) in [5, 5.41) is 12.5. The van der Waals surface area contributed by atoms with Gasteiger partial charge >= 0.3 is 0 Å². The molecule has 0 aromatic heterocycles. The van der Waals surface area contributed by atoms with Crippen molar-refractivity contribution in [1.29, 1.82) is 0 Å². The maximum atomic E-state index is 9.48. The zero-order chi connectivity index (χ0) is 14.7. The largest absolute Gasteiger partial charge is 0.508 e. The second-order valence-corrected chi connectivity index (χ2v) is 5.47. The van der Waals surface area contributed by atoms with Crippen molar-refractivity contribution in [1.82, 2.24) is 0 Å². The van der Waals surface area contributed by atoms with Gasteiger partial charge in [0.25, 0.3) is 0 Å². The van der Waals surface area contributed by atoms with Crippen LogP contribution in [0.5, 0.6) is 5.75 Å². The Morgan fingerprint density at radius 1 is 1.15 bits per heavy atom. The Labute approximate surface area is 126 Å². The SMILES string of the molecule is Cc1ccc(O)cc1N=C(N)Nc1cc(Br)ccc1C. The molecule has 0 spiro atoms. The first-order valence-electron chi connectivity index (χ1n) is 6.12. The molecule has 2 aromatic rings. The molecular formula is C15H16BrN3O. The molecule has 0 aliphatic rings. The predicted molar refractivity (Wildman–Crippen MR) is 86.6 cm³/mol. The lowest BCUT2D eigenvalue weighted by Gasteiger charge is -2.10. The number of aliphatic imine (C=N–C) groups is 1. The van der Waals surface area contributed by atoms with Crippen LogP contribution in [0.4, 0.5) is 11.4 Å². The number of benzene rings is 2. The molecule has 2 rings (SSSR count). The first kappa shape index (κ1) is 14.4. The van der Waals surface area contributed by atoms with E-state index in [0.717, 1.165) is 21.3 Å². The van der Waals surface area contributed by atoms with Crippen LogP contribution in [-0.2, 0) is 0 Å². The van der Waals surface area contributed by atoms with Gasteiger partial charge in [-0.1, -0.05) is 28.1 Å². The fourth-order valence-electron chi connectivity index (χ4n) is 1.74. The number of aromatic hydroxyl groups is 1. The summed E-state index contributed by atoms with van der Waals surface area (Å²) in [5.74, 6) is 0.445. The average Bonchev–Trinajstić information content (AvgIpc) is 2.38. The molecule has 0 unspecified atom stereocenters. The van der Waals surface area contributed by atoms with E-state index in [1.54, 1.807) is 18.2 Å². The van der Waals surface area contributed by atoms with E-state index in [4.69, 9.17) is 5.73 Å². The molecule has 4 nitrogen and oxygen atoms in total. The summed E-state index contributed by atoms with van der Waals surface area (Å²) in [6, 6.07) is 10.9. The van der Waals surface area contributed by atoms with E-state index >= 15 is 0 Å². The Morgan fingerprint density at radius 2 is 1.85 bits per heavy atom. The molecule has 0 amide bonds. The molecule has 0 aliphatic heterocycles. The van der Waals surface area contributed by atoms with Crippen molar-refractivity contribution in [3.05, 3.63) is 52.0 Å². The van der Waals surface area contributed by atoms with E-state index in [9.17, 15) is 5.11 Å². The first-order valence-corrected chi connectivity index (χ1v) is 6.92. The van der Waals surface area contributed by atoms with Gasteiger partial charge in [-0.25, -0.2) is 4.99 Å². The lowest BCUT2D eigenvalue weighted by Crippen LogP contribution is -2.22. The summed E-state index contributed by atoms with van der Waals surface area (Å²) in [6.07, 6.45) is 0. The molecule has 5 heteroatoms. The Hall–Kier alpha value is -2.01. The minimum Gasteiger partial charge on any atom is -0.508 e. The van der Waals surface area contributed by atoms with Gasteiger partial charge in [0.2, 0.25) is 0 Å². The maximum absolute atomic E-state index is 9.48. The summed E-state index contributed by atoms with van der Waals surface area (Å²) in [7, 11) is 0. The molecule has 0 saturated heterocycles. The molecule has 0 bridgehead atoms. The van der Waals surface area contributed by atoms with Gasteiger partial charge in [0.05, 0.1) is 5.69 Å². The molecule has 0 fully saturated rings. The van der Waals surface area contributed by atoms with Crippen molar-refractivity contribution in [3.63, 3.8) is 0 Å². The molecular weight excluding hydrogens is 318 g/mol. The van der Waals surface area contributed by atoms with Crippen LogP contribution < -0.4 is 11.1 Å². The third kappa shape index (κ3) is 3.51. The standard InChI is InChI=1S/C15H16BrN3O/c1-9-3-5-11(16)7-13(9)18-15(17)19-14-8-12(20)6-4-10(14)2/h3-8,20H,1-2H3,(H3,17,18,19). The molecule has 0 aliphatic carbocycles. The minimum absolute atomic E-state index is 0.167. The average molecular weight is 334 g/mol. The molecule has 2 aromatic carbocycles. The molecule has 20 heavy (non-hydrogen) atoms. The highest BCUT2D eigenvalue weighted by Gasteiger charge is 2.03. The van der Waals surface area contributed by atoms with Crippen molar-refractivity contribution >= 4 is 33.3 Å². The van der Waals surface area contributed by atoms with Gasteiger partial charge in [0.1, 0.15) is 5.75 Å². The number of rotatable bonds is 2. The molecule has 0 heterocycles. The van der Waals surface area contributed by atoms with E-state index < -0.39 is 0 Å². The van der Waals surface area contributed by atoms with Crippen LogP contribution in [0.15, 0.2) is 45.9 Å². The van der Waals surface area contributed by atoms with Gasteiger partial charge in [0.15, 0.2) is 5.96 Å². The van der Waals surface area contributed by atoms with Crippen LogP contribution in [-0.4, -0.2) is 11.1 Å². The first-order chi connectivity index (χ1) is 9.45. The molecule has 0 saturated carbocycles. The van der Waals surface area contributed by atoms with Crippen molar-refractivity contribution in [3.8, 4) is 5.75 Å². The fraction of sp³-hybridized carbons (Fsp3) is 0.133. The van der Waals surface area contributed by atoms with Gasteiger partial charge in [-0.3, -0.25) is 0 Å². The number of phenols is 1. The summed E-state index contributed by atoms with van der Waals surface area (Å²) in [4.78, 5) is 4.29. The van der Waals surface area contributed by atoms with Gasteiger partial charge in [-0.2, -0.15) is 0 Å². The highest BCUT2D eigenvalue weighted by molar-refractivity contribution is 9.10. The Balaban J connectivity index is 2.27. The van der Waals surface area contributed by atoms with Crippen LogP contribution in [0.3, 0.4) is 0 Å². The number of hydrogen-bond acceptors (Lipinski definition) is 2. The highest BCUT2D eigenvalue weighted by Crippen LogP contribution is 2.24. The van der Waals surface area contributed by atoms with E-state index in [0.29, 0.717) is 5.69 Å². The van der Waals surface area contributed by atoms with Gasteiger partial charge in [0, 0.05) is 16.2 Å². The van der Waals surface area contributed by atoms with Crippen molar-refractivity contribution in [2.45, 2.75) is 13.8 Å². The fourth-order valence-corrected chi connectivity index (χ4v) is 2.10. The summed E-state index contributed by atoms with van der Waals surface area (Å²) in [5.41, 5.74) is 9.46. The summed E-state index contributed by atoms with van der Waals surface area (Å²) >= 11 is 3.42.